The van der Waals surface area contributed by atoms with E-state index in [0.29, 0.717) is 10.6 Å². The Hall–Kier alpha value is -7.61. The van der Waals surface area contributed by atoms with Gasteiger partial charge >= 0.3 is 77.0 Å². The largest absolute Gasteiger partial charge is 1.00 e. The van der Waals surface area contributed by atoms with Gasteiger partial charge < -0.3 is 30.5 Å². The second-order valence-corrected chi connectivity index (χ2v) is 29.9. The molecule has 0 aliphatic carbocycles. The average molecular weight is 1480 g/mol. The number of methoxy groups -OCH3 is 2. The minimum atomic E-state index is -3.99. The summed E-state index contributed by atoms with van der Waals surface area (Å²) in [6, 6.07) is 55.3. The first-order valence-electron chi connectivity index (χ1n) is 26.6. The monoisotopic (exact) mass is 1480 g/mol. The van der Waals surface area contributed by atoms with E-state index >= 15 is 0 Å². The fraction of sp³-hybridized carbons (Fsp3) is 0.0469. The fourth-order valence-corrected chi connectivity index (χ4v) is 15.3. The van der Waals surface area contributed by atoms with Gasteiger partial charge in [0.15, 0.2) is 0 Å². The van der Waals surface area contributed by atoms with Crippen molar-refractivity contribution in [3.8, 4) is 6.07 Å². The van der Waals surface area contributed by atoms with Crippen molar-refractivity contribution in [1.29, 1.82) is 5.26 Å². The zero-order valence-corrected chi connectivity index (χ0v) is 62.3. The molecule has 1 aliphatic rings. The van der Waals surface area contributed by atoms with Crippen LogP contribution in [0.3, 0.4) is 0 Å². The summed E-state index contributed by atoms with van der Waals surface area (Å²) in [7, 11) is -7.42. The van der Waals surface area contributed by atoms with Crippen LogP contribution in [0.4, 0.5) is 17.1 Å². The Balaban J connectivity index is 0.000000219. The summed E-state index contributed by atoms with van der Waals surface area (Å²) < 4.78 is 114. The molecule has 0 unspecified atom stereocenters. The maximum atomic E-state index is 12.5. The molecule has 0 fully saturated rings. The van der Waals surface area contributed by atoms with Crippen molar-refractivity contribution < 1.29 is 132 Å². The number of hydrogen-bond donors (Lipinski definition) is 4. The minimum absolute atomic E-state index is 0. The number of fused-ring (bicyclic) bond motifs is 4. The molecule has 0 amide bonds. The number of carboxylic acids is 1. The number of halogens is 1. The molecule has 5 N–H and O–H groups in total. The number of thiophene rings is 3. The third-order valence-corrected chi connectivity index (χ3v) is 21.5. The van der Waals surface area contributed by atoms with Crippen LogP contribution in [0, 0.1) is 11.3 Å². The SMILES string of the molecule is CC#N.COC(=O)c1sccc1N.COC(=O)c1sccc1NS(=O)(=O)c1ccc2ccccc2c1.O=C(O)c1sccc1NS(=O)(=O)c1ccc2ccccc2c1.O=S(=O)(Cl)c1ccc2ccccc2c1.O=S(=O)(N=C1C=CSC1=C([O-])[O-])c1ccc2ccccc2c1.[Na+].[Na+]. The zero-order chi connectivity index (χ0) is 68.4. The molecule has 0 spiro atoms. The Labute approximate surface area is 617 Å². The summed E-state index contributed by atoms with van der Waals surface area (Å²) in [6.45, 7) is 1.43. The van der Waals surface area contributed by atoms with Gasteiger partial charge in [0.2, 0.25) is 0 Å². The van der Waals surface area contributed by atoms with Crippen LogP contribution in [-0.2, 0) is 48.6 Å². The van der Waals surface area contributed by atoms with Crippen LogP contribution in [0.25, 0.3) is 43.1 Å². The molecule has 0 saturated heterocycles. The van der Waals surface area contributed by atoms with Crippen molar-refractivity contribution in [2.24, 2.45) is 4.40 Å². The number of nitrogens with two attached hydrogens (primary N) is 1. The van der Waals surface area contributed by atoms with Crippen molar-refractivity contribution in [2.75, 3.05) is 29.4 Å². The molecular weight excluding hydrogens is 1430 g/mol. The van der Waals surface area contributed by atoms with Crippen LogP contribution in [0.1, 0.15) is 35.9 Å². The summed E-state index contributed by atoms with van der Waals surface area (Å²) in [4.78, 5) is 34.3. The zero-order valence-electron chi connectivity index (χ0n) is 51.0. The first-order valence-corrected chi connectivity index (χ1v) is 36.8. The fourth-order valence-electron chi connectivity index (χ4n) is 8.21. The van der Waals surface area contributed by atoms with Crippen LogP contribution in [0.5, 0.6) is 0 Å². The quantitative estimate of drug-likeness (QED) is 0.0443. The molecule has 11 aromatic rings. The molecular formula is C64H50ClN5Na2O16S8. The predicted molar refractivity (Wildman–Crippen MR) is 367 cm³/mol. The van der Waals surface area contributed by atoms with Crippen molar-refractivity contribution in [3.63, 3.8) is 0 Å². The van der Waals surface area contributed by atoms with Crippen LogP contribution >= 0.6 is 56.5 Å². The third kappa shape index (κ3) is 21.4. The molecule has 0 bridgehead atoms. The van der Waals surface area contributed by atoms with E-state index in [1.165, 1.54) is 91.8 Å². The number of thioether (sulfide) groups is 1. The van der Waals surface area contributed by atoms with Crippen LogP contribution in [-0.4, -0.2) is 76.6 Å². The number of carbonyl (C=O) groups is 3. The van der Waals surface area contributed by atoms with Gasteiger partial charge in [-0.3, -0.25) is 9.44 Å². The average Bonchev–Trinajstić information content (AvgIpc) is 0.902. The standard InChI is InChI=1S/C16H13NO4S2.2C15H11NO4S2.C10H7ClO2S.C6H7NO2S.C2H3N.2Na/c1-21-16(18)15-14(8-9-22-15)17-23(19,20)13-7-6-11-4-2-3-5-12(11)10-13;2*17-15(18)14-13(7-8-21-14)16-22(19,20)12-6-5-10-3-1-2-4-11(10)9-12;11-14(12,13)10-6-5-8-3-1-2-4-9(8)7-10;1-9-6(8)5-4(7)2-3-10-5;1-2-3;;/h2-10,17H,1H3;1-9,17-18H;1-9,16H,(H,17,18);1-7H;2-3H,7H2,1H3;1H3;;/q;;;;;;2*+1/p-2. The van der Waals surface area contributed by atoms with Crippen molar-refractivity contribution >= 4 is 179 Å². The number of benzene rings is 8. The number of rotatable bonds is 12. The maximum Gasteiger partial charge on any atom is 1.00 e. The van der Waals surface area contributed by atoms with E-state index in [2.05, 4.69) is 23.3 Å². The number of ether oxygens (including phenoxy) is 2. The van der Waals surface area contributed by atoms with E-state index in [-0.39, 0.29) is 116 Å². The van der Waals surface area contributed by atoms with Gasteiger partial charge in [0.25, 0.3) is 39.1 Å². The second kappa shape index (κ2) is 36.1. The number of aromatic carboxylic acids is 1. The summed E-state index contributed by atoms with van der Waals surface area (Å²) in [5.74, 6) is -3.54. The van der Waals surface area contributed by atoms with E-state index in [9.17, 15) is 58.3 Å². The van der Waals surface area contributed by atoms with Crippen LogP contribution in [0.15, 0.2) is 251 Å². The van der Waals surface area contributed by atoms with Crippen LogP contribution in [0.2, 0.25) is 0 Å². The number of nitrogen functional groups attached to an aromatic ring is 1. The van der Waals surface area contributed by atoms with Crippen molar-refractivity contribution in [2.45, 2.75) is 26.5 Å². The van der Waals surface area contributed by atoms with E-state index in [0.717, 1.165) is 77.5 Å². The van der Waals surface area contributed by atoms with Gasteiger partial charge in [-0.15, -0.1) is 34.0 Å². The topological polar surface area (TPSA) is 359 Å². The predicted octanol–water partition coefficient (Wildman–Crippen LogP) is 6.43. The Kier molecular flexibility index (Phi) is 29.7. The molecule has 484 valence electrons. The number of hydrogen-bond acceptors (Lipinski definition) is 21. The van der Waals surface area contributed by atoms with Gasteiger partial charge in [0.05, 0.1) is 62.6 Å². The molecule has 1 aliphatic heterocycles. The Bertz CT molecular complexity index is 5250. The molecule has 12 rings (SSSR count). The molecule has 21 nitrogen and oxygen atoms in total. The van der Waals surface area contributed by atoms with E-state index in [1.807, 2.05) is 91.0 Å². The Morgan fingerprint density at radius 3 is 1.26 bits per heavy atom. The number of sulfonamides is 3. The van der Waals surface area contributed by atoms with Crippen molar-refractivity contribution in [3.05, 3.63) is 241 Å². The first-order chi connectivity index (χ1) is 44.7. The number of nitriles is 1. The number of nitrogens with one attached hydrogen (secondary N) is 2. The molecule has 3 aromatic heterocycles. The smallest absolute Gasteiger partial charge is 0.883 e. The van der Waals surface area contributed by atoms with E-state index in [1.54, 1.807) is 71.4 Å². The normalized spacial score (nSPS) is 11.9. The van der Waals surface area contributed by atoms with Gasteiger partial charge in [0.1, 0.15) is 14.6 Å². The number of esters is 2. The molecule has 0 saturated carbocycles. The summed E-state index contributed by atoms with van der Waals surface area (Å²) >= 11 is 4.25. The van der Waals surface area contributed by atoms with Crippen LogP contribution < -0.4 is 84.5 Å². The Morgan fingerprint density at radius 2 is 0.875 bits per heavy atom. The number of nitrogens with zero attached hydrogens (tertiary/aromatic N) is 2. The van der Waals surface area contributed by atoms with Crippen molar-refractivity contribution in [1.82, 2.24) is 0 Å². The summed E-state index contributed by atoms with van der Waals surface area (Å²) in [5.41, 5.74) is 6.09. The molecule has 32 heteroatoms. The number of carboxylic acid groups (broad SMARTS) is 1. The number of anilines is 3. The summed E-state index contributed by atoms with van der Waals surface area (Å²) in [6.07, 6.45) is 1.34. The molecule has 4 heterocycles. The van der Waals surface area contributed by atoms with Gasteiger partial charge in [-0.2, -0.15) is 24.0 Å². The minimum Gasteiger partial charge on any atom is -0.883 e. The van der Waals surface area contributed by atoms with Gasteiger partial charge in [0, 0.05) is 22.5 Å². The van der Waals surface area contributed by atoms with Gasteiger partial charge in [-0.25, -0.2) is 39.6 Å². The first kappa shape index (κ1) is 79.1. The maximum absolute atomic E-state index is 12.5. The third-order valence-electron chi connectivity index (χ3n) is 12.6. The Morgan fingerprint density at radius 1 is 0.531 bits per heavy atom. The van der Waals surface area contributed by atoms with Gasteiger partial charge in [-0.05, 0) is 137 Å². The molecule has 8 aromatic carbocycles. The van der Waals surface area contributed by atoms with E-state index < -0.39 is 57.0 Å². The molecule has 0 radical (unpaired) electrons. The number of allylic oxidation sites excluding steroid dienone is 2. The van der Waals surface area contributed by atoms with E-state index in [4.69, 9.17) is 26.8 Å². The summed E-state index contributed by atoms with van der Waals surface area (Å²) in [5, 5.41) is 51.6. The number of carbonyl (C=O) groups excluding carboxylic acids is 2. The second-order valence-electron chi connectivity index (χ2n) is 18.7. The molecule has 96 heavy (non-hydrogen) atoms. The molecule has 0 atom stereocenters. The van der Waals surface area contributed by atoms with Gasteiger partial charge in [-0.1, -0.05) is 133 Å².